The van der Waals surface area contributed by atoms with Crippen LogP contribution in [0, 0.1) is 17.0 Å². The van der Waals surface area contributed by atoms with Crippen LogP contribution in [0.4, 0.5) is 11.6 Å². The van der Waals surface area contributed by atoms with Crippen molar-refractivity contribution in [2.45, 2.75) is 13.5 Å². The molecule has 0 N–H and O–H groups in total. The summed E-state index contributed by atoms with van der Waals surface area (Å²) in [6.45, 7) is 2.00. The van der Waals surface area contributed by atoms with Crippen LogP contribution in [-0.4, -0.2) is 46.8 Å². The summed E-state index contributed by atoms with van der Waals surface area (Å²) in [6.07, 6.45) is 1.65. The minimum absolute atomic E-state index is 0.0295. The van der Waals surface area contributed by atoms with Crippen LogP contribution in [-0.2, 0) is 6.54 Å². The summed E-state index contributed by atoms with van der Waals surface area (Å²) >= 11 is 0. The Labute approximate surface area is 139 Å². The third-order valence-electron chi connectivity index (χ3n) is 3.50. The lowest BCUT2D eigenvalue weighted by molar-refractivity contribution is -0.384. The van der Waals surface area contributed by atoms with Crippen molar-refractivity contribution in [2.24, 2.45) is 0 Å². The maximum Gasteiger partial charge on any atom is 0.269 e. The van der Waals surface area contributed by atoms with Gasteiger partial charge in [0.1, 0.15) is 0 Å². The van der Waals surface area contributed by atoms with Crippen LogP contribution < -0.4 is 4.90 Å². The number of carbonyl (C=O) groups excluding carboxylic acids is 1. The maximum atomic E-state index is 12.6. The molecule has 1 heterocycles. The number of amides is 1. The van der Waals surface area contributed by atoms with Crippen molar-refractivity contribution in [3.63, 3.8) is 0 Å². The fourth-order valence-corrected chi connectivity index (χ4v) is 2.21. The van der Waals surface area contributed by atoms with Crippen LogP contribution in [0.2, 0.25) is 0 Å². The molecular weight excluding hydrogens is 310 g/mol. The second-order valence-corrected chi connectivity index (χ2v) is 5.66. The van der Waals surface area contributed by atoms with Crippen molar-refractivity contribution in [2.75, 3.05) is 26.0 Å². The molecule has 0 bridgehead atoms. The lowest BCUT2D eigenvalue weighted by atomic mass is 10.1. The van der Waals surface area contributed by atoms with Crippen LogP contribution in [0.1, 0.15) is 21.6 Å². The van der Waals surface area contributed by atoms with Crippen LogP contribution in [0.5, 0.6) is 0 Å². The van der Waals surface area contributed by atoms with E-state index in [0.29, 0.717) is 29.3 Å². The highest BCUT2D eigenvalue weighted by Crippen LogP contribution is 2.19. The van der Waals surface area contributed by atoms with E-state index >= 15 is 0 Å². The van der Waals surface area contributed by atoms with E-state index in [1.54, 1.807) is 31.1 Å². The van der Waals surface area contributed by atoms with Crippen molar-refractivity contribution in [1.82, 2.24) is 14.9 Å². The highest BCUT2D eigenvalue weighted by molar-refractivity contribution is 5.95. The van der Waals surface area contributed by atoms with E-state index in [1.807, 2.05) is 14.1 Å². The second kappa shape index (κ2) is 7.03. The molecule has 8 nitrogen and oxygen atoms in total. The van der Waals surface area contributed by atoms with E-state index in [-0.39, 0.29) is 11.6 Å². The predicted octanol–water partition coefficient (Wildman–Crippen LogP) is 2.03. The average molecular weight is 329 g/mol. The van der Waals surface area contributed by atoms with E-state index < -0.39 is 4.92 Å². The highest BCUT2D eigenvalue weighted by Gasteiger charge is 2.17. The van der Waals surface area contributed by atoms with Crippen molar-refractivity contribution in [3.8, 4) is 0 Å². The van der Waals surface area contributed by atoms with Crippen molar-refractivity contribution >= 4 is 17.5 Å². The van der Waals surface area contributed by atoms with E-state index in [2.05, 4.69) is 9.97 Å². The third-order valence-corrected chi connectivity index (χ3v) is 3.50. The number of nitrogens with zero attached hydrogens (tertiary/aromatic N) is 5. The lowest BCUT2D eigenvalue weighted by Gasteiger charge is -2.19. The molecule has 8 heteroatoms. The first-order chi connectivity index (χ1) is 11.3. The van der Waals surface area contributed by atoms with Crippen LogP contribution >= 0.6 is 0 Å². The number of non-ortho nitro benzene ring substituents is 1. The molecule has 0 saturated carbocycles. The molecule has 0 fully saturated rings. The first kappa shape index (κ1) is 17.3. The third kappa shape index (κ3) is 3.83. The number of rotatable bonds is 5. The molecule has 0 unspecified atom stereocenters. The first-order valence-electron chi connectivity index (χ1n) is 7.29. The monoisotopic (exact) mass is 329 g/mol. The molecule has 0 aliphatic carbocycles. The zero-order valence-corrected chi connectivity index (χ0v) is 14.1. The molecule has 0 aliphatic rings. The summed E-state index contributed by atoms with van der Waals surface area (Å²) in [6, 6.07) is 5.97. The van der Waals surface area contributed by atoms with Crippen LogP contribution in [0.3, 0.4) is 0 Å². The molecule has 24 heavy (non-hydrogen) atoms. The van der Waals surface area contributed by atoms with Gasteiger partial charge in [0.2, 0.25) is 5.95 Å². The number of nitro benzene ring substituents is 1. The van der Waals surface area contributed by atoms with Gasteiger partial charge in [-0.25, -0.2) is 9.97 Å². The number of aromatic nitrogens is 2. The molecule has 0 aliphatic heterocycles. The number of hydrogen-bond donors (Lipinski definition) is 0. The van der Waals surface area contributed by atoms with Gasteiger partial charge in [0.05, 0.1) is 17.2 Å². The predicted molar refractivity (Wildman–Crippen MR) is 90.0 cm³/mol. The molecule has 1 aromatic heterocycles. The summed E-state index contributed by atoms with van der Waals surface area (Å²) in [7, 11) is 5.35. The van der Waals surface area contributed by atoms with Crippen molar-refractivity contribution in [3.05, 3.63) is 57.4 Å². The van der Waals surface area contributed by atoms with Crippen LogP contribution in [0.25, 0.3) is 0 Å². The van der Waals surface area contributed by atoms with E-state index in [1.165, 1.54) is 23.1 Å². The SMILES string of the molecule is Cc1cc([N+](=O)[O-])ccc1C(=O)N(C)Cc1ccnc(N(C)C)n1. The number of benzene rings is 1. The van der Waals surface area contributed by atoms with Gasteiger partial charge in [-0.05, 0) is 24.6 Å². The standard InChI is InChI=1S/C16H19N5O3/c1-11-9-13(21(23)24)5-6-14(11)15(22)20(4)10-12-7-8-17-16(18-12)19(2)3/h5-9H,10H2,1-4H3. The average Bonchev–Trinajstić information content (AvgIpc) is 2.54. The Morgan fingerprint density at radius 3 is 2.54 bits per heavy atom. The maximum absolute atomic E-state index is 12.6. The molecule has 2 aromatic rings. The summed E-state index contributed by atoms with van der Waals surface area (Å²) in [4.78, 5) is 34.7. The molecule has 2 rings (SSSR count). The Hall–Kier alpha value is -3.03. The van der Waals surface area contributed by atoms with Gasteiger partial charge in [-0.2, -0.15) is 0 Å². The largest absolute Gasteiger partial charge is 0.347 e. The molecule has 1 aromatic carbocycles. The first-order valence-corrected chi connectivity index (χ1v) is 7.29. The molecule has 0 radical (unpaired) electrons. The topological polar surface area (TPSA) is 92.5 Å². The van der Waals surface area contributed by atoms with E-state index in [9.17, 15) is 14.9 Å². The Bertz CT molecular complexity index is 776. The number of aryl methyl sites for hydroxylation is 1. The number of carbonyl (C=O) groups is 1. The minimum Gasteiger partial charge on any atom is -0.347 e. The van der Waals surface area contributed by atoms with Gasteiger partial charge in [0.15, 0.2) is 0 Å². The van der Waals surface area contributed by atoms with Gasteiger partial charge in [-0.15, -0.1) is 0 Å². The molecular formula is C16H19N5O3. The van der Waals surface area contributed by atoms with E-state index in [4.69, 9.17) is 0 Å². The molecule has 0 spiro atoms. The number of hydrogen-bond acceptors (Lipinski definition) is 6. The normalized spacial score (nSPS) is 10.3. The van der Waals surface area contributed by atoms with Crippen LogP contribution in [0.15, 0.2) is 30.5 Å². The quantitative estimate of drug-likeness (QED) is 0.615. The number of nitro groups is 1. The Morgan fingerprint density at radius 2 is 1.96 bits per heavy atom. The fraction of sp³-hybridized carbons (Fsp3) is 0.312. The van der Waals surface area contributed by atoms with Crippen molar-refractivity contribution in [1.29, 1.82) is 0 Å². The van der Waals surface area contributed by atoms with Gasteiger partial charge in [0, 0.05) is 45.0 Å². The molecule has 1 amide bonds. The van der Waals surface area contributed by atoms with E-state index in [0.717, 1.165) is 0 Å². The Morgan fingerprint density at radius 1 is 1.25 bits per heavy atom. The Balaban J connectivity index is 2.18. The van der Waals surface area contributed by atoms with Gasteiger partial charge in [-0.3, -0.25) is 14.9 Å². The summed E-state index contributed by atoms with van der Waals surface area (Å²) in [5.74, 6) is 0.354. The second-order valence-electron chi connectivity index (χ2n) is 5.66. The zero-order chi connectivity index (χ0) is 17.9. The molecule has 0 saturated heterocycles. The molecule has 0 atom stereocenters. The Kier molecular flexibility index (Phi) is 5.08. The number of anilines is 1. The van der Waals surface area contributed by atoms with Crippen molar-refractivity contribution < 1.29 is 9.72 Å². The minimum atomic E-state index is -0.478. The summed E-state index contributed by atoms with van der Waals surface area (Å²) in [5, 5.41) is 10.8. The summed E-state index contributed by atoms with van der Waals surface area (Å²) < 4.78 is 0. The summed E-state index contributed by atoms with van der Waals surface area (Å²) in [5.41, 5.74) is 1.69. The van der Waals surface area contributed by atoms with Gasteiger partial charge in [-0.1, -0.05) is 0 Å². The highest BCUT2D eigenvalue weighted by atomic mass is 16.6. The van der Waals surface area contributed by atoms with Gasteiger partial charge >= 0.3 is 0 Å². The fourth-order valence-electron chi connectivity index (χ4n) is 2.21. The lowest BCUT2D eigenvalue weighted by Crippen LogP contribution is -2.27. The molecule has 126 valence electrons. The zero-order valence-electron chi connectivity index (χ0n) is 14.1. The van der Waals surface area contributed by atoms with Gasteiger partial charge < -0.3 is 9.80 Å². The van der Waals surface area contributed by atoms with Gasteiger partial charge in [0.25, 0.3) is 11.6 Å². The smallest absolute Gasteiger partial charge is 0.269 e.